The summed E-state index contributed by atoms with van der Waals surface area (Å²) in [6.45, 7) is 1.58. The summed E-state index contributed by atoms with van der Waals surface area (Å²) in [6, 6.07) is 3.69. The van der Waals surface area contributed by atoms with E-state index >= 15 is 0 Å². The van der Waals surface area contributed by atoms with Crippen LogP contribution in [0.15, 0.2) is 22.6 Å². The van der Waals surface area contributed by atoms with E-state index in [9.17, 15) is 9.18 Å². The van der Waals surface area contributed by atoms with Gasteiger partial charge in [-0.15, -0.1) is 5.10 Å². The molecule has 0 fully saturated rings. The number of anilines is 2. The molecule has 6 nitrogen and oxygen atoms in total. The van der Waals surface area contributed by atoms with Crippen LogP contribution in [-0.4, -0.2) is 16.1 Å². The molecule has 88 valence electrons. The Bertz CT molecular complexity index is 567. The fraction of sp³-hybridized carbons (Fsp3) is 0.100. The number of rotatable bonds is 2. The lowest BCUT2D eigenvalue weighted by atomic mass is 10.2. The summed E-state index contributed by atoms with van der Waals surface area (Å²) >= 11 is 0. The third kappa shape index (κ3) is 2.39. The minimum atomic E-state index is -0.710. The van der Waals surface area contributed by atoms with Gasteiger partial charge in [-0.3, -0.25) is 10.1 Å². The largest absolute Gasteiger partial charge is 0.408 e. The highest BCUT2D eigenvalue weighted by Gasteiger charge is 2.14. The summed E-state index contributed by atoms with van der Waals surface area (Å²) in [5.41, 5.74) is 5.47. The maximum absolute atomic E-state index is 13.4. The van der Waals surface area contributed by atoms with Crippen molar-refractivity contribution in [2.75, 3.05) is 11.1 Å². The standard InChI is InChI=1S/C10H9FN4O2/c1-5-14-15-10(17-5)13-9(16)7-3-2-6(12)4-8(7)11/h2-4H,12H2,1H3,(H,13,15,16). The lowest BCUT2D eigenvalue weighted by Crippen LogP contribution is -2.14. The Morgan fingerprint density at radius 2 is 2.24 bits per heavy atom. The van der Waals surface area contributed by atoms with E-state index in [2.05, 4.69) is 15.5 Å². The number of carbonyl (C=O) groups excluding carboxylic acids is 1. The van der Waals surface area contributed by atoms with Crippen LogP contribution in [0, 0.1) is 12.7 Å². The molecule has 0 atom stereocenters. The van der Waals surface area contributed by atoms with Crippen LogP contribution in [0.1, 0.15) is 16.2 Å². The average molecular weight is 236 g/mol. The van der Waals surface area contributed by atoms with Gasteiger partial charge in [-0.05, 0) is 18.2 Å². The van der Waals surface area contributed by atoms with Crippen LogP contribution in [0.4, 0.5) is 16.1 Å². The lowest BCUT2D eigenvalue weighted by Gasteiger charge is -2.02. The maximum Gasteiger partial charge on any atom is 0.322 e. The number of nitrogen functional groups attached to an aromatic ring is 1. The minimum Gasteiger partial charge on any atom is -0.408 e. The first-order valence-electron chi connectivity index (χ1n) is 4.73. The molecule has 0 saturated carbocycles. The second-order valence-electron chi connectivity index (χ2n) is 3.32. The number of aryl methyl sites for hydroxylation is 1. The lowest BCUT2D eigenvalue weighted by molar-refractivity contribution is 0.102. The number of carbonyl (C=O) groups is 1. The third-order valence-electron chi connectivity index (χ3n) is 1.98. The second-order valence-corrected chi connectivity index (χ2v) is 3.32. The van der Waals surface area contributed by atoms with E-state index < -0.39 is 11.7 Å². The molecular formula is C10H9FN4O2. The van der Waals surface area contributed by atoms with Crippen LogP contribution < -0.4 is 11.1 Å². The van der Waals surface area contributed by atoms with Gasteiger partial charge in [0.25, 0.3) is 5.91 Å². The number of nitrogens with two attached hydrogens (primary N) is 1. The zero-order valence-electron chi connectivity index (χ0n) is 8.90. The molecule has 1 aromatic heterocycles. The van der Waals surface area contributed by atoms with Crippen molar-refractivity contribution in [1.82, 2.24) is 10.2 Å². The molecule has 0 bridgehead atoms. The van der Waals surface area contributed by atoms with Gasteiger partial charge in [0.05, 0.1) is 5.56 Å². The van der Waals surface area contributed by atoms with Crippen molar-refractivity contribution in [3.8, 4) is 0 Å². The summed E-state index contributed by atoms with van der Waals surface area (Å²) in [6.07, 6.45) is 0. The average Bonchev–Trinajstić information content (AvgIpc) is 2.63. The van der Waals surface area contributed by atoms with Gasteiger partial charge in [0, 0.05) is 12.6 Å². The number of nitrogens with zero attached hydrogens (tertiary/aromatic N) is 2. The zero-order valence-corrected chi connectivity index (χ0v) is 8.90. The number of halogens is 1. The van der Waals surface area contributed by atoms with E-state index in [1.165, 1.54) is 12.1 Å². The van der Waals surface area contributed by atoms with Crippen LogP contribution in [0.25, 0.3) is 0 Å². The van der Waals surface area contributed by atoms with Gasteiger partial charge >= 0.3 is 6.01 Å². The van der Waals surface area contributed by atoms with Crippen LogP contribution >= 0.6 is 0 Å². The van der Waals surface area contributed by atoms with Crippen molar-refractivity contribution >= 4 is 17.6 Å². The number of benzene rings is 1. The number of hydrogen-bond acceptors (Lipinski definition) is 5. The highest BCUT2D eigenvalue weighted by atomic mass is 19.1. The predicted molar refractivity (Wildman–Crippen MR) is 57.8 cm³/mol. The van der Waals surface area contributed by atoms with Gasteiger partial charge in [-0.2, -0.15) is 0 Å². The van der Waals surface area contributed by atoms with Crippen molar-refractivity contribution < 1.29 is 13.6 Å². The van der Waals surface area contributed by atoms with E-state index in [0.29, 0.717) is 5.89 Å². The van der Waals surface area contributed by atoms with E-state index in [0.717, 1.165) is 6.07 Å². The molecular weight excluding hydrogens is 227 g/mol. The van der Waals surface area contributed by atoms with Crippen molar-refractivity contribution in [2.45, 2.75) is 6.92 Å². The van der Waals surface area contributed by atoms with E-state index in [4.69, 9.17) is 10.2 Å². The predicted octanol–water partition coefficient (Wildman–Crippen LogP) is 1.35. The van der Waals surface area contributed by atoms with E-state index in [1.807, 2.05) is 0 Å². The molecule has 0 aliphatic rings. The molecule has 1 amide bonds. The molecule has 1 aromatic carbocycles. The van der Waals surface area contributed by atoms with Crippen LogP contribution in [0.3, 0.4) is 0 Å². The number of aromatic nitrogens is 2. The Morgan fingerprint density at radius 1 is 1.47 bits per heavy atom. The molecule has 0 aliphatic carbocycles. The molecule has 0 saturated heterocycles. The van der Waals surface area contributed by atoms with Crippen molar-refractivity contribution in [3.05, 3.63) is 35.5 Å². The molecule has 7 heteroatoms. The molecule has 0 radical (unpaired) electrons. The molecule has 0 unspecified atom stereocenters. The Hall–Kier alpha value is -2.44. The van der Waals surface area contributed by atoms with Gasteiger partial charge in [0.15, 0.2) is 0 Å². The normalized spacial score (nSPS) is 10.2. The number of nitrogens with one attached hydrogen (secondary N) is 1. The molecule has 0 aliphatic heterocycles. The highest BCUT2D eigenvalue weighted by molar-refractivity contribution is 6.03. The molecule has 2 rings (SSSR count). The Labute approximate surface area is 95.6 Å². The first-order chi connectivity index (χ1) is 8.06. The van der Waals surface area contributed by atoms with Crippen LogP contribution in [-0.2, 0) is 0 Å². The second kappa shape index (κ2) is 4.20. The van der Waals surface area contributed by atoms with Crippen LogP contribution in [0.5, 0.6) is 0 Å². The van der Waals surface area contributed by atoms with Crippen molar-refractivity contribution in [1.29, 1.82) is 0 Å². The molecule has 0 spiro atoms. The van der Waals surface area contributed by atoms with E-state index in [-0.39, 0.29) is 17.3 Å². The SMILES string of the molecule is Cc1nnc(NC(=O)c2ccc(N)cc2F)o1. The van der Waals surface area contributed by atoms with Gasteiger partial charge in [-0.25, -0.2) is 4.39 Å². The molecule has 3 N–H and O–H groups in total. The summed E-state index contributed by atoms with van der Waals surface area (Å²) in [5, 5.41) is 9.37. The molecule has 2 aromatic rings. The zero-order chi connectivity index (χ0) is 12.4. The fourth-order valence-corrected chi connectivity index (χ4v) is 1.23. The summed E-state index contributed by atoms with van der Waals surface area (Å²) < 4.78 is 18.3. The third-order valence-corrected chi connectivity index (χ3v) is 1.98. The van der Waals surface area contributed by atoms with Crippen molar-refractivity contribution in [2.24, 2.45) is 0 Å². The topological polar surface area (TPSA) is 94.0 Å². The van der Waals surface area contributed by atoms with Crippen LogP contribution in [0.2, 0.25) is 0 Å². The van der Waals surface area contributed by atoms with Gasteiger partial charge in [0.1, 0.15) is 5.82 Å². The minimum absolute atomic E-state index is 0.0799. The monoisotopic (exact) mass is 236 g/mol. The Balaban J connectivity index is 2.20. The maximum atomic E-state index is 13.4. The first-order valence-corrected chi connectivity index (χ1v) is 4.73. The first kappa shape index (κ1) is 11.1. The number of hydrogen-bond donors (Lipinski definition) is 2. The summed E-state index contributed by atoms with van der Waals surface area (Å²) in [5.74, 6) is -1.08. The smallest absolute Gasteiger partial charge is 0.322 e. The summed E-state index contributed by atoms with van der Waals surface area (Å²) in [7, 11) is 0. The quantitative estimate of drug-likeness (QED) is 0.767. The Kier molecular flexibility index (Phi) is 2.73. The molecule has 1 heterocycles. The number of amides is 1. The van der Waals surface area contributed by atoms with Gasteiger partial charge < -0.3 is 10.2 Å². The van der Waals surface area contributed by atoms with Crippen molar-refractivity contribution in [3.63, 3.8) is 0 Å². The highest BCUT2D eigenvalue weighted by Crippen LogP contribution is 2.13. The fourth-order valence-electron chi connectivity index (χ4n) is 1.23. The van der Waals surface area contributed by atoms with Gasteiger partial charge in [-0.1, -0.05) is 5.10 Å². The van der Waals surface area contributed by atoms with E-state index in [1.54, 1.807) is 6.92 Å². The van der Waals surface area contributed by atoms with Gasteiger partial charge in [0.2, 0.25) is 5.89 Å². The molecule has 17 heavy (non-hydrogen) atoms. The Morgan fingerprint density at radius 3 is 2.82 bits per heavy atom. The summed E-state index contributed by atoms with van der Waals surface area (Å²) in [4.78, 5) is 11.6.